The number of hydrogen-bond donors (Lipinski definition) is 2. The van der Waals surface area contributed by atoms with Crippen LogP contribution in [0.2, 0.25) is 0 Å². The number of aliphatic imine (C=N–C) groups is 2. The fourth-order valence-electron chi connectivity index (χ4n) is 4.54. The third-order valence-electron chi connectivity index (χ3n) is 6.02. The lowest BCUT2D eigenvalue weighted by Gasteiger charge is -2.44. The normalized spacial score (nSPS) is 21.4. The number of carbonyl (C=O) groups excluding carboxylic acids is 1. The fourth-order valence-corrected chi connectivity index (χ4v) is 4.54. The average molecular weight is 435 g/mol. The van der Waals surface area contributed by atoms with Gasteiger partial charge in [0.05, 0.1) is 0 Å². The van der Waals surface area contributed by atoms with Crippen LogP contribution >= 0.6 is 0 Å². The first-order valence-corrected chi connectivity index (χ1v) is 10.3. The van der Waals surface area contributed by atoms with E-state index in [1.807, 2.05) is 48.5 Å². The van der Waals surface area contributed by atoms with Crippen molar-refractivity contribution in [1.82, 2.24) is 4.98 Å². The van der Waals surface area contributed by atoms with Crippen LogP contribution in [-0.2, 0) is 10.5 Å². The summed E-state index contributed by atoms with van der Waals surface area (Å²) >= 11 is 0. The largest absolute Gasteiger partial charge is 0.338 e. The van der Waals surface area contributed by atoms with Crippen molar-refractivity contribution in [2.45, 2.75) is 5.66 Å². The first kappa shape index (κ1) is 18.0. The molecular formula is C24H14FN7O. The number of para-hydroxylation sites is 2. The molecule has 3 aromatic carbocycles. The van der Waals surface area contributed by atoms with Crippen LogP contribution in [0.25, 0.3) is 10.9 Å². The van der Waals surface area contributed by atoms with Crippen LogP contribution in [0, 0.1) is 5.82 Å². The Morgan fingerprint density at radius 3 is 2.61 bits per heavy atom. The van der Waals surface area contributed by atoms with Gasteiger partial charge in [0.15, 0.2) is 5.49 Å². The van der Waals surface area contributed by atoms with Gasteiger partial charge in [-0.2, -0.15) is 9.98 Å². The zero-order chi connectivity index (χ0) is 22.2. The molecule has 0 unspecified atom stereocenters. The van der Waals surface area contributed by atoms with E-state index < -0.39 is 5.66 Å². The number of nitrogens with zero attached hydrogens (tertiary/aromatic N) is 5. The Hall–Kier alpha value is -4.66. The molecule has 0 saturated carbocycles. The lowest BCUT2D eigenvalue weighted by molar-refractivity contribution is -0.120. The van der Waals surface area contributed by atoms with Crippen LogP contribution in [0.15, 0.2) is 92.8 Å². The Labute approximate surface area is 185 Å². The minimum Gasteiger partial charge on any atom is -0.338 e. The standard InChI is InChI=1S/C24H14FN7O/c25-13-9-11-14(12-10-13)32-23(31-24(32)16-6-2-4-8-18(16)27-21(24)33)30-22-28-19-15-5-1-3-7-17(15)26-20(19)29-22/h1-12H,(H,27,33)(H,26,28,29,30,31)/t24-/m1/s1. The molecule has 0 bridgehead atoms. The molecule has 4 heterocycles. The minimum absolute atomic E-state index is 0.231. The smallest absolute Gasteiger partial charge is 0.278 e. The number of fused-ring (bicyclic) bond motifs is 5. The van der Waals surface area contributed by atoms with Gasteiger partial charge in [-0.25, -0.2) is 14.4 Å². The van der Waals surface area contributed by atoms with Crippen molar-refractivity contribution in [3.05, 3.63) is 95.0 Å². The van der Waals surface area contributed by atoms with E-state index in [1.54, 1.807) is 17.0 Å². The summed E-state index contributed by atoms with van der Waals surface area (Å²) in [5, 5.41) is 4.55. The number of aromatic amines is 1. The van der Waals surface area contributed by atoms with Crippen molar-refractivity contribution < 1.29 is 9.18 Å². The van der Waals surface area contributed by atoms with Crippen LogP contribution in [0.1, 0.15) is 5.56 Å². The number of aromatic nitrogens is 1. The molecule has 0 saturated heterocycles. The number of guanidine groups is 2. The van der Waals surface area contributed by atoms with E-state index in [4.69, 9.17) is 0 Å². The van der Waals surface area contributed by atoms with Gasteiger partial charge in [-0.05, 0) is 36.4 Å². The van der Waals surface area contributed by atoms with Crippen LogP contribution in [0.4, 0.5) is 15.8 Å². The third kappa shape index (κ3) is 2.35. The van der Waals surface area contributed by atoms with Crippen molar-refractivity contribution in [1.29, 1.82) is 0 Å². The molecule has 158 valence electrons. The van der Waals surface area contributed by atoms with Gasteiger partial charge in [0.25, 0.3) is 11.9 Å². The minimum atomic E-state index is -1.31. The summed E-state index contributed by atoms with van der Waals surface area (Å²) in [6, 6.07) is 21.0. The number of carbonyl (C=O) groups is 1. The van der Waals surface area contributed by atoms with E-state index in [0.717, 1.165) is 16.3 Å². The van der Waals surface area contributed by atoms with E-state index in [9.17, 15) is 9.18 Å². The zero-order valence-electron chi connectivity index (χ0n) is 17.0. The van der Waals surface area contributed by atoms with Gasteiger partial charge >= 0.3 is 0 Å². The molecule has 0 radical (unpaired) electrons. The second-order valence-corrected chi connectivity index (χ2v) is 7.90. The molecule has 7 rings (SSSR count). The number of hydrogen-bond acceptors (Lipinski definition) is 4. The zero-order valence-corrected chi connectivity index (χ0v) is 17.0. The lowest BCUT2D eigenvalue weighted by atomic mass is 9.95. The summed E-state index contributed by atoms with van der Waals surface area (Å²) < 4.78 is 13.6. The van der Waals surface area contributed by atoms with Gasteiger partial charge in [-0.15, -0.1) is 0 Å². The van der Waals surface area contributed by atoms with Crippen molar-refractivity contribution in [2.75, 3.05) is 10.2 Å². The third-order valence-corrected chi connectivity index (χ3v) is 6.02. The maximum absolute atomic E-state index is 13.6. The summed E-state index contributed by atoms with van der Waals surface area (Å²) in [6.07, 6.45) is 0. The monoisotopic (exact) mass is 435 g/mol. The van der Waals surface area contributed by atoms with Crippen molar-refractivity contribution in [3.63, 3.8) is 0 Å². The van der Waals surface area contributed by atoms with Gasteiger partial charge in [-0.1, -0.05) is 36.4 Å². The number of halogens is 1. The topological polar surface area (TPSA) is 97.6 Å². The molecule has 9 heteroatoms. The van der Waals surface area contributed by atoms with Gasteiger partial charge in [-0.3, -0.25) is 9.69 Å². The van der Waals surface area contributed by atoms with E-state index >= 15 is 0 Å². The van der Waals surface area contributed by atoms with Crippen LogP contribution in [0.3, 0.4) is 0 Å². The van der Waals surface area contributed by atoms with Crippen molar-refractivity contribution in [3.8, 4) is 0 Å². The Morgan fingerprint density at radius 2 is 1.73 bits per heavy atom. The average Bonchev–Trinajstić information content (AvgIpc) is 3.45. The highest BCUT2D eigenvalue weighted by molar-refractivity contribution is 6.21. The van der Waals surface area contributed by atoms with E-state index in [1.165, 1.54) is 12.1 Å². The molecule has 4 aromatic rings. The predicted octanol–water partition coefficient (Wildman–Crippen LogP) is 2.60. The molecule has 0 fully saturated rings. The first-order valence-electron chi connectivity index (χ1n) is 10.3. The van der Waals surface area contributed by atoms with Crippen molar-refractivity contribution in [2.24, 2.45) is 20.0 Å². The highest BCUT2D eigenvalue weighted by atomic mass is 19.1. The molecule has 0 aliphatic carbocycles. The highest BCUT2D eigenvalue weighted by Gasteiger charge is 2.59. The fraction of sp³-hybridized carbons (Fsp3) is 0.0417. The number of rotatable bonds is 1. The van der Waals surface area contributed by atoms with Crippen LogP contribution < -0.4 is 21.1 Å². The van der Waals surface area contributed by atoms with Crippen molar-refractivity contribution >= 4 is 40.1 Å². The summed E-state index contributed by atoms with van der Waals surface area (Å²) in [6.45, 7) is 0. The molecule has 1 amide bonds. The van der Waals surface area contributed by atoms with E-state index in [-0.39, 0.29) is 23.6 Å². The Balaban J connectivity index is 1.39. The number of amides is 1. The molecule has 2 N–H and O–H groups in total. The Kier molecular flexibility index (Phi) is 3.37. The molecule has 1 aromatic heterocycles. The number of H-pyrrole nitrogens is 1. The summed E-state index contributed by atoms with van der Waals surface area (Å²) in [5.41, 5.74) is 2.23. The lowest BCUT2D eigenvalue weighted by Crippen LogP contribution is -2.60. The van der Waals surface area contributed by atoms with Gasteiger partial charge in [0.1, 0.15) is 11.2 Å². The molecule has 33 heavy (non-hydrogen) atoms. The SMILES string of the molecule is O=C1Nc2ccccc2[C@]12N=C(/N=C1\N=c3[nH]c4ccccc4c3=N1)N2c1ccc(F)cc1. The van der Waals surface area contributed by atoms with Crippen LogP contribution in [-0.4, -0.2) is 22.8 Å². The predicted molar refractivity (Wildman–Crippen MR) is 121 cm³/mol. The molecular weight excluding hydrogens is 421 g/mol. The summed E-state index contributed by atoms with van der Waals surface area (Å²) in [4.78, 5) is 36.3. The maximum atomic E-state index is 13.6. The summed E-state index contributed by atoms with van der Waals surface area (Å²) in [5.74, 6) is -0.172. The first-order chi connectivity index (χ1) is 16.1. The molecule has 1 spiro atoms. The van der Waals surface area contributed by atoms with E-state index in [0.29, 0.717) is 22.4 Å². The molecule has 3 aliphatic rings. The second-order valence-electron chi connectivity index (χ2n) is 7.90. The maximum Gasteiger partial charge on any atom is 0.278 e. The number of benzene rings is 3. The van der Waals surface area contributed by atoms with E-state index in [2.05, 4.69) is 30.3 Å². The van der Waals surface area contributed by atoms with Gasteiger partial charge in [0.2, 0.25) is 11.6 Å². The van der Waals surface area contributed by atoms with Crippen LogP contribution in [0.5, 0.6) is 0 Å². The number of nitrogens with one attached hydrogen (secondary N) is 2. The molecule has 1 atom stereocenters. The highest BCUT2D eigenvalue weighted by Crippen LogP contribution is 2.49. The Bertz CT molecular complexity index is 1690. The molecule has 3 aliphatic heterocycles. The Morgan fingerprint density at radius 1 is 0.939 bits per heavy atom. The second kappa shape index (κ2) is 6.19. The summed E-state index contributed by atoms with van der Waals surface area (Å²) in [7, 11) is 0. The quantitative estimate of drug-likeness (QED) is 0.481. The molecule has 8 nitrogen and oxygen atoms in total. The van der Waals surface area contributed by atoms with Gasteiger partial charge in [0, 0.05) is 27.8 Å². The number of anilines is 2. The van der Waals surface area contributed by atoms with Gasteiger partial charge < -0.3 is 10.3 Å².